The fourth-order valence-electron chi connectivity index (χ4n) is 2.08. The number of hydrogen-bond donors (Lipinski definition) is 1. The number of carbonyl (C=O) groups is 3. The van der Waals surface area contributed by atoms with Crippen LogP contribution in [-0.4, -0.2) is 40.1 Å². The summed E-state index contributed by atoms with van der Waals surface area (Å²) in [4.78, 5) is 36.4. The Balaban J connectivity index is 2.85. The van der Waals surface area contributed by atoms with Crippen molar-refractivity contribution in [2.45, 2.75) is 52.2 Å². The van der Waals surface area contributed by atoms with Gasteiger partial charge in [-0.1, -0.05) is 0 Å². The van der Waals surface area contributed by atoms with Crippen molar-refractivity contribution in [3.05, 3.63) is 0 Å². The molecule has 1 amide bonds. The second-order valence-electron chi connectivity index (χ2n) is 5.87. The molecule has 0 aromatic heterocycles. The normalized spacial score (nSPS) is 23.9. The number of carbonyl (C=O) groups excluding carboxylic acids is 3. The van der Waals surface area contributed by atoms with Crippen molar-refractivity contribution in [3.8, 4) is 0 Å². The quantitative estimate of drug-likeness (QED) is 0.790. The molecule has 0 saturated carbocycles. The van der Waals surface area contributed by atoms with Crippen LogP contribution in [0.15, 0.2) is 0 Å². The number of amides is 1. The lowest BCUT2D eigenvalue weighted by molar-refractivity contribution is -0.125. The van der Waals surface area contributed by atoms with Crippen molar-refractivity contribution < 1.29 is 19.1 Å². The van der Waals surface area contributed by atoms with E-state index in [0.717, 1.165) is 0 Å². The first-order valence-electron chi connectivity index (χ1n) is 6.34. The zero-order valence-corrected chi connectivity index (χ0v) is 12.7. The highest BCUT2D eigenvalue weighted by atomic mass is 32.1. The van der Waals surface area contributed by atoms with Crippen molar-refractivity contribution in [1.29, 1.82) is 0 Å². The molecule has 0 aromatic rings. The van der Waals surface area contributed by atoms with Gasteiger partial charge in [0.25, 0.3) is 0 Å². The van der Waals surface area contributed by atoms with Gasteiger partial charge in [-0.15, -0.1) is 12.6 Å². The fraction of sp³-hybridized carbons (Fsp3) is 0.769. The fourth-order valence-corrected chi connectivity index (χ4v) is 2.35. The molecule has 0 aliphatic carbocycles. The van der Waals surface area contributed by atoms with E-state index in [1.54, 1.807) is 20.8 Å². The first-order valence-corrected chi connectivity index (χ1v) is 6.79. The van der Waals surface area contributed by atoms with Gasteiger partial charge in [0, 0.05) is 12.5 Å². The van der Waals surface area contributed by atoms with E-state index in [-0.39, 0.29) is 23.4 Å². The maximum atomic E-state index is 12.1. The molecule has 0 aromatic carbocycles. The predicted molar refractivity (Wildman–Crippen MR) is 74.1 cm³/mol. The van der Waals surface area contributed by atoms with Crippen molar-refractivity contribution in [2.75, 3.05) is 6.54 Å². The number of ketones is 1. The lowest BCUT2D eigenvalue weighted by Crippen LogP contribution is -2.52. The Labute approximate surface area is 119 Å². The van der Waals surface area contributed by atoms with Gasteiger partial charge < -0.3 is 4.74 Å². The van der Waals surface area contributed by atoms with Gasteiger partial charge in [0.05, 0.1) is 0 Å². The maximum Gasteiger partial charge on any atom is 0.410 e. The number of ether oxygens (including phenoxy) is 1. The highest BCUT2D eigenvalue weighted by molar-refractivity contribution is 7.96. The van der Waals surface area contributed by atoms with E-state index in [1.165, 1.54) is 11.8 Å². The topological polar surface area (TPSA) is 63.7 Å². The van der Waals surface area contributed by atoms with E-state index in [0.29, 0.717) is 12.8 Å². The van der Waals surface area contributed by atoms with Crippen LogP contribution in [0, 0.1) is 5.92 Å². The van der Waals surface area contributed by atoms with Crippen molar-refractivity contribution in [2.24, 2.45) is 5.92 Å². The number of hydrogen-bond acceptors (Lipinski definition) is 4. The number of thiol groups is 1. The second-order valence-corrected chi connectivity index (χ2v) is 6.31. The SMILES string of the molecule is CC(=O)C1CCC(C(=O)S)N(C(=O)OC(C)(C)C)C1. The Kier molecular flexibility index (Phi) is 5.01. The van der Waals surface area contributed by atoms with E-state index < -0.39 is 17.7 Å². The number of likely N-dealkylation sites (tertiary alicyclic amines) is 1. The number of nitrogens with zero attached hydrogens (tertiary/aromatic N) is 1. The largest absolute Gasteiger partial charge is 0.444 e. The van der Waals surface area contributed by atoms with Crippen LogP contribution in [0.3, 0.4) is 0 Å². The molecule has 0 bridgehead atoms. The molecule has 1 heterocycles. The summed E-state index contributed by atoms with van der Waals surface area (Å²) >= 11 is 3.81. The molecule has 0 N–H and O–H groups in total. The highest BCUT2D eigenvalue weighted by Gasteiger charge is 2.38. The highest BCUT2D eigenvalue weighted by Crippen LogP contribution is 2.26. The Morgan fingerprint density at radius 3 is 2.21 bits per heavy atom. The molecule has 19 heavy (non-hydrogen) atoms. The lowest BCUT2D eigenvalue weighted by Gasteiger charge is -2.37. The van der Waals surface area contributed by atoms with E-state index in [2.05, 4.69) is 12.6 Å². The molecule has 1 saturated heterocycles. The van der Waals surface area contributed by atoms with Crippen LogP contribution in [-0.2, 0) is 14.3 Å². The third kappa shape index (κ3) is 4.53. The zero-order valence-electron chi connectivity index (χ0n) is 11.8. The van der Waals surface area contributed by atoms with E-state index in [4.69, 9.17) is 4.74 Å². The molecular weight excluding hydrogens is 266 g/mol. The minimum Gasteiger partial charge on any atom is -0.444 e. The summed E-state index contributed by atoms with van der Waals surface area (Å²) in [5.74, 6) is -0.199. The third-order valence-electron chi connectivity index (χ3n) is 3.07. The summed E-state index contributed by atoms with van der Waals surface area (Å²) in [6.45, 7) is 7.00. The monoisotopic (exact) mass is 287 g/mol. The van der Waals surface area contributed by atoms with Crippen LogP contribution < -0.4 is 0 Å². The molecule has 0 radical (unpaired) electrons. The van der Waals surface area contributed by atoms with E-state index in [9.17, 15) is 14.4 Å². The molecule has 0 spiro atoms. The van der Waals surface area contributed by atoms with Crippen molar-refractivity contribution in [3.63, 3.8) is 0 Å². The van der Waals surface area contributed by atoms with Crippen LogP contribution >= 0.6 is 12.6 Å². The van der Waals surface area contributed by atoms with Gasteiger partial charge in [0.15, 0.2) is 0 Å². The van der Waals surface area contributed by atoms with Crippen molar-refractivity contribution in [1.82, 2.24) is 4.90 Å². The summed E-state index contributed by atoms with van der Waals surface area (Å²) < 4.78 is 5.28. The summed E-state index contributed by atoms with van der Waals surface area (Å²) in [7, 11) is 0. The Morgan fingerprint density at radius 1 is 1.21 bits per heavy atom. The molecule has 2 unspecified atom stereocenters. The number of piperidine rings is 1. The van der Waals surface area contributed by atoms with Gasteiger partial charge in [-0.2, -0.15) is 0 Å². The summed E-state index contributed by atoms with van der Waals surface area (Å²) in [6, 6.07) is -0.603. The van der Waals surface area contributed by atoms with Crippen LogP contribution in [0.4, 0.5) is 4.79 Å². The molecule has 1 aliphatic rings. The summed E-state index contributed by atoms with van der Waals surface area (Å²) in [5.41, 5.74) is -0.634. The van der Waals surface area contributed by atoms with Gasteiger partial charge in [-0.25, -0.2) is 4.79 Å². The van der Waals surface area contributed by atoms with Gasteiger partial charge in [0.2, 0.25) is 5.12 Å². The maximum absolute atomic E-state index is 12.1. The number of Topliss-reactive ketones (excluding diaryl/α,β-unsaturated/α-hetero) is 1. The van der Waals surface area contributed by atoms with Crippen LogP contribution in [0.2, 0.25) is 0 Å². The molecule has 2 atom stereocenters. The van der Waals surface area contributed by atoms with Crippen molar-refractivity contribution >= 4 is 29.6 Å². The lowest BCUT2D eigenvalue weighted by atomic mass is 9.91. The van der Waals surface area contributed by atoms with E-state index in [1.807, 2.05) is 0 Å². The zero-order chi connectivity index (χ0) is 14.8. The third-order valence-corrected chi connectivity index (χ3v) is 3.37. The minimum atomic E-state index is -0.634. The molecule has 1 rings (SSSR count). The summed E-state index contributed by atoms with van der Waals surface area (Å²) in [6.07, 6.45) is 0.489. The number of rotatable bonds is 2. The van der Waals surface area contributed by atoms with E-state index >= 15 is 0 Å². The average molecular weight is 287 g/mol. The van der Waals surface area contributed by atoms with Gasteiger partial charge >= 0.3 is 6.09 Å². The molecular formula is C13H21NO4S. The second kappa shape index (κ2) is 5.94. The first-order chi connectivity index (χ1) is 8.61. The summed E-state index contributed by atoms with van der Waals surface area (Å²) in [5, 5.41) is -0.368. The molecule has 5 nitrogen and oxygen atoms in total. The van der Waals surface area contributed by atoms with Crippen LogP contribution in [0.5, 0.6) is 0 Å². The first kappa shape index (κ1) is 16.0. The molecule has 1 fully saturated rings. The van der Waals surface area contributed by atoms with Crippen LogP contribution in [0.25, 0.3) is 0 Å². The molecule has 108 valence electrons. The van der Waals surface area contributed by atoms with Crippen LogP contribution in [0.1, 0.15) is 40.5 Å². The van der Waals surface area contributed by atoms with Gasteiger partial charge in [0.1, 0.15) is 17.4 Å². The smallest absolute Gasteiger partial charge is 0.410 e. The Bertz CT molecular complexity index is 389. The van der Waals surface area contributed by atoms with Gasteiger partial charge in [-0.05, 0) is 40.5 Å². The molecule has 6 heteroatoms. The predicted octanol–water partition coefficient (Wildman–Crippen LogP) is 2.05. The minimum absolute atomic E-state index is 0.0265. The standard InChI is InChI=1S/C13H21NO4S/c1-8(15)9-5-6-10(11(16)19)14(7-9)12(17)18-13(2,3)4/h9-10H,5-7H2,1-4H3,(H,16,19). The molecule has 1 aliphatic heterocycles. The van der Waals surface area contributed by atoms with Gasteiger partial charge in [-0.3, -0.25) is 14.5 Å². The Hall–Kier alpha value is -1.04. The average Bonchev–Trinajstić information content (AvgIpc) is 2.25. The Morgan fingerprint density at radius 2 is 1.79 bits per heavy atom.